The Hall–Kier alpha value is -1.97. The van der Waals surface area contributed by atoms with Crippen molar-refractivity contribution in [1.82, 2.24) is 9.97 Å². The molecule has 0 unspecified atom stereocenters. The molecule has 0 aliphatic carbocycles. The van der Waals surface area contributed by atoms with Crippen molar-refractivity contribution >= 4 is 5.69 Å². The van der Waals surface area contributed by atoms with Crippen molar-refractivity contribution in [2.45, 2.75) is 6.61 Å². The highest BCUT2D eigenvalue weighted by atomic mass is 16.5. The van der Waals surface area contributed by atoms with Gasteiger partial charge in [-0.2, -0.15) is 0 Å². The summed E-state index contributed by atoms with van der Waals surface area (Å²) in [6.07, 6.45) is 3.48. The van der Waals surface area contributed by atoms with Crippen LogP contribution in [0.25, 0.3) is 0 Å². The van der Waals surface area contributed by atoms with Crippen molar-refractivity contribution in [3.8, 4) is 5.75 Å². The monoisotopic (exact) mass is 217 g/mol. The first kappa shape index (κ1) is 10.5. The van der Waals surface area contributed by atoms with Crippen LogP contribution in [-0.4, -0.2) is 24.1 Å². The number of nitrogens with zero attached hydrogens (tertiary/aromatic N) is 2. The molecule has 2 aromatic rings. The molecular weight excluding hydrogens is 202 g/mol. The highest BCUT2D eigenvalue weighted by molar-refractivity contribution is 5.49. The van der Waals surface area contributed by atoms with Gasteiger partial charge < -0.3 is 14.6 Å². The second-order valence-corrected chi connectivity index (χ2v) is 3.74. The van der Waals surface area contributed by atoms with Crippen LogP contribution in [0, 0.1) is 0 Å². The zero-order valence-electron chi connectivity index (χ0n) is 9.47. The van der Waals surface area contributed by atoms with E-state index in [2.05, 4.69) is 9.97 Å². The summed E-state index contributed by atoms with van der Waals surface area (Å²) in [7, 11) is 4.01. The lowest BCUT2D eigenvalue weighted by Crippen LogP contribution is -2.08. The number of anilines is 1. The molecule has 0 radical (unpaired) electrons. The number of ether oxygens (including phenoxy) is 1. The minimum Gasteiger partial charge on any atom is -0.487 e. The van der Waals surface area contributed by atoms with Crippen LogP contribution in [0.15, 0.2) is 36.8 Å². The number of aromatic amines is 1. The SMILES string of the molecule is CN(C)c1cccc(OCc2c[nH]cn2)c1. The fourth-order valence-corrected chi connectivity index (χ4v) is 1.38. The van der Waals surface area contributed by atoms with Gasteiger partial charge in [0.2, 0.25) is 0 Å². The first-order valence-electron chi connectivity index (χ1n) is 5.13. The van der Waals surface area contributed by atoms with E-state index in [4.69, 9.17) is 4.74 Å². The number of benzene rings is 1. The summed E-state index contributed by atoms with van der Waals surface area (Å²) in [6.45, 7) is 0.486. The molecule has 1 aromatic carbocycles. The van der Waals surface area contributed by atoms with Gasteiger partial charge in [-0.1, -0.05) is 6.07 Å². The van der Waals surface area contributed by atoms with Gasteiger partial charge in [0, 0.05) is 32.0 Å². The lowest BCUT2D eigenvalue weighted by atomic mass is 10.3. The summed E-state index contributed by atoms with van der Waals surface area (Å²) in [5.74, 6) is 0.856. The second-order valence-electron chi connectivity index (χ2n) is 3.74. The minimum absolute atomic E-state index is 0.486. The molecule has 0 aliphatic rings. The van der Waals surface area contributed by atoms with E-state index in [0.717, 1.165) is 17.1 Å². The predicted molar refractivity (Wildman–Crippen MR) is 63.7 cm³/mol. The second kappa shape index (κ2) is 4.70. The zero-order valence-corrected chi connectivity index (χ0v) is 9.47. The number of aromatic nitrogens is 2. The molecule has 0 fully saturated rings. The highest BCUT2D eigenvalue weighted by Crippen LogP contribution is 2.19. The smallest absolute Gasteiger partial charge is 0.132 e. The van der Waals surface area contributed by atoms with Gasteiger partial charge in [-0.15, -0.1) is 0 Å². The maximum absolute atomic E-state index is 5.63. The lowest BCUT2D eigenvalue weighted by Gasteiger charge is -2.13. The summed E-state index contributed by atoms with van der Waals surface area (Å²) in [4.78, 5) is 9.04. The molecule has 84 valence electrons. The van der Waals surface area contributed by atoms with E-state index in [0.29, 0.717) is 6.61 Å². The lowest BCUT2D eigenvalue weighted by molar-refractivity contribution is 0.302. The molecule has 1 aromatic heterocycles. The molecule has 1 N–H and O–H groups in total. The molecule has 0 bridgehead atoms. The topological polar surface area (TPSA) is 41.1 Å². The van der Waals surface area contributed by atoms with E-state index in [1.165, 1.54) is 0 Å². The molecular formula is C12H15N3O. The van der Waals surface area contributed by atoms with Gasteiger partial charge in [-0.05, 0) is 12.1 Å². The molecule has 4 heteroatoms. The standard InChI is InChI=1S/C12H15N3O/c1-15(2)11-4-3-5-12(6-11)16-8-10-7-13-9-14-10/h3-7,9H,8H2,1-2H3,(H,13,14). The van der Waals surface area contributed by atoms with Crippen LogP contribution < -0.4 is 9.64 Å². The van der Waals surface area contributed by atoms with Crippen molar-refractivity contribution in [2.24, 2.45) is 0 Å². The Morgan fingerprint density at radius 1 is 1.38 bits per heavy atom. The Balaban J connectivity index is 2.01. The van der Waals surface area contributed by atoms with Gasteiger partial charge in [0.15, 0.2) is 0 Å². The first-order chi connectivity index (χ1) is 7.75. The predicted octanol–water partition coefficient (Wildman–Crippen LogP) is 2.05. The maximum atomic E-state index is 5.63. The molecule has 0 atom stereocenters. The number of H-pyrrole nitrogens is 1. The molecule has 0 spiro atoms. The van der Waals surface area contributed by atoms with Crippen LogP contribution in [0.3, 0.4) is 0 Å². The van der Waals surface area contributed by atoms with E-state index in [1.807, 2.05) is 49.5 Å². The largest absolute Gasteiger partial charge is 0.487 e. The zero-order chi connectivity index (χ0) is 11.4. The fourth-order valence-electron chi connectivity index (χ4n) is 1.38. The van der Waals surface area contributed by atoms with Gasteiger partial charge in [-0.3, -0.25) is 0 Å². The molecule has 0 saturated heterocycles. The van der Waals surface area contributed by atoms with Gasteiger partial charge in [0.05, 0.1) is 12.0 Å². The van der Waals surface area contributed by atoms with E-state index >= 15 is 0 Å². The number of rotatable bonds is 4. The Morgan fingerprint density at radius 2 is 2.25 bits per heavy atom. The third-order valence-corrected chi connectivity index (χ3v) is 2.28. The Labute approximate surface area is 94.9 Å². The van der Waals surface area contributed by atoms with E-state index < -0.39 is 0 Å². The molecule has 16 heavy (non-hydrogen) atoms. The van der Waals surface area contributed by atoms with Crippen LogP contribution in [0.2, 0.25) is 0 Å². The van der Waals surface area contributed by atoms with Gasteiger partial charge >= 0.3 is 0 Å². The average molecular weight is 217 g/mol. The number of hydrogen-bond donors (Lipinski definition) is 1. The third kappa shape index (κ3) is 2.53. The highest BCUT2D eigenvalue weighted by Gasteiger charge is 2.00. The normalized spacial score (nSPS) is 10.1. The van der Waals surface area contributed by atoms with Crippen LogP contribution in [-0.2, 0) is 6.61 Å². The fraction of sp³-hybridized carbons (Fsp3) is 0.250. The van der Waals surface area contributed by atoms with Gasteiger partial charge in [0.25, 0.3) is 0 Å². The summed E-state index contributed by atoms with van der Waals surface area (Å²) in [5, 5.41) is 0. The van der Waals surface area contributed by atoms with Crippen LogP contribution in [0.5, 0.6) is 5.75 Å². The summed E-state index contributed by atoms with van der Waals surface area (Å²) in [6, 6.07) is 7.98. The van der Waals surface area contributed by atoms with E-state index in [1.54, 1.807) is 6.33 Å². The summed E-state index contributed by atoms with van der Waals surface area (Å²) < 4.78 is 5.63. The Morgan fingerprint density at radius 3 is 2.94 bits per heavy atom. The summed E-state index contributed by atoms with van der Waals surface area (Å²) >= 11 is 0. The van der Waals surface area contributed by atoms with Crippen molar-refractivity contribution in [3.05, 3.63) is 42.5 Å². The Kier molecular flexibility index (Phi) is 3.10. The molecule has 0 saturated carbocycles. The molecule has 4 nitrogen and oxygen atoms in total. The quantitative estimate of drug-likeness (QED) is 0.852. The van der Waals surface area contributed by atoms with Gasteiger partial charge in [-0.25, -0.2) is 4.98 Å². The summed E-state index contributed by atoms with van der Waals surface area (Å²) in [5.41, 5.74) is 2.02. The van der Waals surface area contributed by atoms with Crippen molar-refractivity contribution in [2.75, 3.05) is 19.0 Å². The number of nitrogens with one attached hydrogen (secondary N) is 1. The minimum atomic E-state index is 0.486. The van der Waals surface area contributed by atoms with Crippen molar-refractivity contribution in [1.29, 1.82) is 0 Å². The molecule has 2 rings (SSSR count). The number of imidazole rings is 1. The van der Waals surface area contributed by atoms with Crippen molar-refractivity contribution in [3.63, 3.8) is 0 Å². The van der Waals surface area contributed by atoms with Crippen LogP contribution in [0.1, 0.15) is 5.69 Å². The van der Waals surface area contributed by atoms with E-state index in [9.17, 15) is 0 Å². The molecule has 0 amide bonds. The van der Waals surface area contributed by atoms with E-state index in [-0.39, 0.29) is 0 Å². The molecule has 0 aliphatic heterocycles. The van der Waals surface area contributed by atoms with Crippen molar-refractivity contribution < 1.29 is 4.74 Å². The van der Waals surface area contributed by atoms with Gasteiger partial charge in [0.1, 0.15) is 12.4 Å². The Bertz CT molecular complexity index is 437. The number of hydrogen-bond acceptors (Lipinski definition) is 3. The average Bonchev–Trinajstić information content (AvgIpc) is 2.79. The third-order valence-electron chi connectivity index (χ3n) is 2.28. The van der Waals surface area contributed by atoms with Crippen LogP contribution in [0.4, 0.5) is 5.69 Å². The molecule has 1 heterocycles. The maximum Gasteiger partial charge on any atom is 0.132 e. The van der Waals surface area contributed by atoms with Crippen LogP contribution >= 0.6 is 0 Å². The first-order valence-corrected chi connectivity index (χ1v) is 5.13.